The van der Waals surface area contributed by atoms with Gasteiger partial charge in [-0.2, -0.15) is 0 Å². The molecular weight excluding hydrogens is 632 g/mol. The summed E-state index contributed by atoms with van der Waals surface area (Å²) in [6.07, 6.45) is 1.97. The first-order valence-corrected chi connectivity index (χ1v) is 20.6. The maximum atomic E-state index is 12.3. The minimum absolute atomic E-state index is 0.0108. The molecular formula is C33H51BrO8Si. The van der Waals surface area contributed by atoms with Crippen molar-refractivity contribution in [3.05, 3.63) is 47.5 Å². The third-order valence-electron chi connectivity index (χ3n) is 9.45. The van der Waals surface area contributed by atoms with Gasteiger partial charge in [0, 0.05) is 27.2 Å². The van der Waals surface area contributed by atoms with Crippen LogP contribution in [-0.2, 0) is 39.8 Å². The molecule has 3 saturated carbocycles. The molecule has 8 nitrogen and oxygen atoms in total. The molecule has 0 aromatic heterocycles. The van der Waals surface area contributed by atoms with Gasteiger partial charge in [0.05, 0.1) is 43.5 Å². The Kier molecular flexibility index (Phi) is 10.7. The fourth-order valence-electron chi connectivity index (χ4n) is 7.85. The molecule has 1 heterocycles. The van der Waals surface area contributed by atoms with Crippen molar-refractivity contribution in [2.75, 3.05) is 45.2 Å². The number of rotatable bonds is 17. The summed E-state index contributed by atoms with van der Waals surface area (Å²) in [5.74, 6) is -0.963. The van der Waals surface area contributed by atoms with E-state index in [-0.39, 0.29) is 36.6 Å². The highest BCUT2D eigenvalue weighted by Gasteiger charge is 2.78. The van der Waals surface area contributed by atoms with E-state index in [1.807, 2.05) is 45.0 Å². The van der Waals surface area contributed by atoms with Crippen LogP contribution in [0.25, 0.3) is 0 Å². The Hall–Kier alpha value is -0.663. The fraction of sp³-hybridized carbons (Fsp3) is 0.758. The van der Waals surface area contributed by atoms with Crippen molar-refractivity contribution in [3.63, 3.8) is 0 Å². The maximum absolute atomic E-state index is 12.3. The normalized spacial score (nSPS) is 34.8. The lowest BCUT2D eigenvalue weighted by molar-refractivity contribution is -0.239. The first-order valence-electron chi connectivity index (χ1n) is 15.8. The number of hydrogen-bond acceptors (Lipinski definition) is 8. The van der Waals surface area contributed by atoms with Gasteiger partial charge < -0.3 is 38.3 Å². The first kappa shape index (κ1) is 33.7. The monoisotopic (exact) mass is 682 g/mol. The second-order valence-electron chi connectivity index (χ2n) is 14.2. The van der Waals surface area contributed by atoms with Crippen LogP contribution >= 0.6 is 15.9 Å². The van der Waals surface area contributed by atoms with Crippen molar-refractivity contribution >= 4 is 24.0 Å². The molecule has 1 saturated heterocycles. The quantitative estimate of drug-likeness (QED) is 0.0731. The standard InChI is InChI=1S/C33H51BrO8Si/c1-7-39-28(17-34)40-19-24-15-32(35)16-25-26(20-38-22-36-13-14-43(4,5)6)27(21-37-18-23-11-9-8-10-12-23)29(32)33(24)30(25)41-31(2,3)42-33/h8-12,15,25-30,35H,7,13-14,16-22H2,1-6H3/t25-,26+,27-,28?,29-,30+,32-,33-/m0/s1. The zero-order valence-corrected chi connectivity index (χ0v) is 29.3. The SMILES string of the molecule is CCOC(CBr)OCC1=C[C@]2(O)C[C@H]3[C@@H](COCOCC[Si](C)(C)C)[C@H](COCc4ccccc4)[C@@H]2[C@@]12OC(C)(C)O[C@H]32. The van der Waals surface area contributed by atoms with E-state index in [1.54, 1.807) is 0 Å². The molecule has 5 aliphatic rings. The average molecular weight is 684 g/mol. The van der Waals surface area contributed by atoms with Gasteiger partial charge in [0.25, 0.3) is 0 Å². The maximum Gasteiger partial charge on any atom is 0.167 e. The summed E-state index contributed by atoms with van der Waals surface area (Å²) in [4.78, 5) is 0. The second kappa shape index (κ2) is 13.6. The number of hydrogen-bond donors (Lipinski definition) is 1. The van der Waals surface area contributed by atoms with E-state index in [0.717, 1.165) is 23.8 Å². The van der Waals surface area contributed by atoms with Crippen molar-refractivity contribution in [3.8, 4) is 0 Å². The Labute approximate surface area is 266 Å². The van der Waals surface area contributed by atoms with Crippen molar-refractivity contribution < 1.29 is 38.3 Å². The van der Waals surface area contributed by atoms with Gasteiger partial charge in [-0.15, -0.1) is 0 Å². The zero-order chi connectivity index (χ0) is 30.9. The number of halogens is 1. The molecule has 1 aliphatic heterocycles. The van der Waals surface area contributed by atoms with E-state index in [2.05, 4.69) is 47.7 Å². The largest absolute Gasteiger partial charge is 0.385 e. The molecule has 1 aromatic rings. The van der Waals surface area contributed by atoms with Gasteiger partial charge in [-0.05, 0) is 68.2 Å². The molecule has 0 radical (unpaired) electrons. The van der Waals surface area contributed by atoms with Crippen molar-refractivity contribution in [1.82, 2.24) is 0 Å². The van der Waals surface area contributed by atoms with Crippen LogP contribution in [0.2, 0.25) is 25.7 Å². The number of aliphatic hydroxyl groups is 1. The summed E-state index contributed by atoms with van der Waals surface area (Å²) in [7, 11) is -1.17. The molecule has 4 aliphatic carbocycles. The van der Waals surface area contributed by atoms with E-state index < -0.39 is 31.4 Å². The Morgan fingerprint density at radius 1 is 1.02 bits per heavy atom. The fourth-order valence-corrected chi connectivity index (χ4v) is 8.98. The van der Waals surface area contributed by atoms with Crippen LogP contribution < -0.4 is 0 Å². The molecule has 43 heavy (non-hydrogen) atoms. The van der Waals surface area contributed by atoms with Crippen LogP contribution in [0.4, 0.5) is 0 Å². The third-order valence-corrected chi connectivity index (χ3v) is 11.7. The third kappa shape index (κ3) is 7.19. The molecule has 6 rings (SSSR count). The lowest BCUT2D eigenvalue weighted by Crippen LogP contribution is -2.70. The van der Waals surface area contributed by atoms with Gasteiger partial charge in [-0.1, -0.05) is 65.9 Å². The Morgan fingerprint density at radius 2 is 1.77 bits per heavy atom. The van der Waals surface area contributed by atoms with Crippen LogP contribution in [0.5, 0.6) is 0 Å². The van der Waals surface area contributed by atoms with Crippen molar-refractivity contribution in [2.24, 2.45) is 23.7 Å². The molecule has 1 N–H and O–H groups in total. The van der Waals surface area contributed by atoms with Gasteiger partial charge >= 0.3 is 0 Å². The lowest BCUT2D eigenvalue weighted by atomic mass is 9.48. The highest BCUT2D eigenvalue weighted by Crippen LogP contribution is 2.69. The van der Waals surface area contributed by atoms with Gasteiger partial charge in [-0.3, -0.25) is 0 Å². The number of benzene rings is 1. The minimum Gasteiger partial charge on any atom is -0.385 e. The smallest absolute Gasteiger partial charge is 0.167 e. The van der Waals surface area contributed by atoms with Gasteiger partial charge in [0.2, 0.25) is 0 Å². The summed E-state index contributed by atoms with van der Waals surface area (Å²) in [5.41, 5.74) is 0.195. The second-order valence-corrected chi connectivity index (χ2v) is 20.5. The molecule has 4 fully saturated rings. The number of fused-ring (bicyclic) bond motifs is 1. The average Bonchev–Trinajstić information content (AvgIpc) is 3.35. The van der Waals surface area contributed by atoms with Crippen LogP contribution in [0, 0.1) is 23.7 Å². The summed E-state index contributed by atoms with van der Waals surface area (Å²) in [5, 5.41) is 12.9. The summed E-state index contributed by atoms with van der Waals surface area (Å²) >= 11 is 3.50. The van der Waals surface area contributed by atoms with Gasteiger partial charge in [0.15, 0.2) is 12.1 Å². The first-order chi connectivity index (χ1) is 20.4. The lowest BCUT2D eigenvalue weighted by Gasteiger charge is -2.61. The molecule has 1 unspecified atom stereocenters. The van der Waals surface area contributed by atoms with E-state index in [1.165, 1.54) is 0 Å². The summed E-state index contributed by atoms with van der Waals surface area (Å²) < 4.78 is 44.1. The van der Waals surface area contributed by atoms with Gasteiger partial charge in [-0.25, -0.2) is 0 Å². The van der Waals surface area contributed by atoms with Crippen molar-refractivity contribution in [2.45, 2.75) is 88.9 Å². The van der Waals surface area contributed by atoms with Crippen LogP contribution in [0.15, 0.2) is 42.0 Å². The molecule has 0 amide bonds. The molecule has 1 spiro atoms. The van der Waals surface area contributed by atoms with E-state index in [4.69, 9.17) is 33.2 Å². The number of ether oxygens (including phenoxy) is 7. The Balaban J connectivity index is 1.38. The molecule has 4 bridgehead atoms. The molecule has 1 aromatic carbocycles. The van der Waals surface area contributed by atoms with Crippen LogP contribution in [0.3, 0.4) is 0 Å². The van der Waals surface area contributed by atoms with Crippen LogP contribution in [-0.4, -0.2) is 87.7 Å². The summed E-state index contributed by atoms with van der Waals surface area (Å²) in [6.45, 7) is 16.3. The zero-order valence-electron chi connectivity index (χ0n) is 26.7. The van der Waals surface area contributed by atoms with E-state index in [0.29, 0.717) is 44.8 Å². The molecule has 10 heteroatoms. The Morgan fingerprint density at radius 3 is 2.47 bits per heavy atom. The van der Waals surface area contributed by atoms with Crippen LogP contribution in [0.1, 0.15) is 32.8 Å². The van der Waals surface area contributed by atoms with E-state index >= 15 is 0 Å². The number of alkyl halides is 1. The molecule has 242 valence electrons. The summed E-state index contributed by atoms with van der Waals surface area (Å²) in [6, 6.07) is 11.3. The highest BCUT2D eigenvalue weighted by atomic mass is 79.9. The van der Waals surface area contributed by atoms with E-state index in [9.17, 15) is 5.11 Å². The molecule has 8 atom stereocenters. The Bertz CT molecular complexity index is 1100. The topological polar surface area (TPSA) is 84.8 Å². The highest BCUT2D eigenvalue weighted by molar-refractivity contribution is 9.09. The minimum atomic E-state index is -1.17. The van der Waals surface area contributed by atoms with Gasteiger partial charge in [0.1, 0.15) is 12.4 Å². The predicted molar refractivity (Wildman–Crippen MR) is 171 cm³/mol. The van der Waals surface area contributed by atoms with Crippen molar-refractivity contribution in [1.29, 1.82) is 0 Å². The predicted octanol–water partition coefficient (Wildman–Crippen LogP) is 5.75.